The number of hydrogen-bond acceptors (Lipinski definition) is 2. The average molecular weight is 238 g/mol. The summed E-state index contributed by atoms with van der Waals surface area (Å²) in [5.74, 6) is 2.67. The van der Waals surface area contributed by atoms with Crippen LogP contribution in [0.1, 0.15) is 52.4 Å². The molecule has 2 aliphatic rings. The first-order valence-corrected chi connectivity index (χ1v) is 7.09. The Morgan fingerprint density at radius 3 is 2.65 bits per heavy atom. The molecule has 0 saturated heterocycles. The Morgan fingerprint density at radius 2 is 2.12 bits per heavy atom. The molecule has 5 unspecified atom stereocenters. The second kappa shape index (κ2) is 5.38. The van der Waals surface area contributed by atoms with Crippen LogP contribution < -0.4 is 11.1 Å². The second-order valence-corrected chi connectivity index (χ2v) is 6.32. The number of rotatable bonds is 5. The van der Waals surface area contributed by atoms with Crippen LogP contribution in [0.5, 0.6) is 0 Å². The molecule has 2 saturated carbocycles. The van der Waals surface area contributed by atoms with Crippen LogP contribution >= 0.6 is 0 Å². The predicted molar refractivity (Wildman–Crippen MR) is 69.4 cm³/mol. The summed E-state index contributed by atoms with van der Waals surface area (Å²) in [5.41, 5.74) is 5.73. The number of carbonyl (C=O) groups excluding carboxylic acids is 1. The third-order valence-electron chi connectivity index (χ3n) is 4.46. The molecule has 0 aliphatic heterocycles. The highest BCUT2D eigenvalue weighted by molar-refractivity contribution is 5.76. The SMILES string of the molecule is CC(N)CC(C)NC(=O)CC1CC2CCC1C2. The van der Waals surface area contributed by atoms with Crippen molar-refractivity contribution in [3.63, 3.8) is 0 Å². The molecule has 2 aliphatic carbocycles. The molecule has 1 amide bonds. The number of amides is 1. The van der Waals surface area contributed by atoms with E-state index < -0.39 is 0 Å². The Balaban J connectivity index is 1.70. The van der Waals surface area contributed by atoms with Crippen molar-refractivity contribution in [2.24, 2.45) is 23.5 Å². The Morgan fingerprint density at radius 1 is 1.35 bits per heavy atom. The van der Waals surface area contributed by atoms with Gasteiger partial charge in [0.05, 0.1) is 0 Å². The monoisotopic (exact) mass is 238 g/mol. The van der Waals surface area contributed by atoms with E-state index in [1.807, 2.05) is 13.8 Å². The lowest BCUT2D eigenvalue weighted by atomic mass is 9.86. The van der Waals surface area contributed by atoms with Gasteiger partial charge in [0.1, 0.15) is 0 Å². The van der Waals surface area contributed by atoms with Crippen LogP contribution in [0.25, 0.3) is 0 Å². The van der Waals surface area contributed by atoms with Gasteiger partial charge in [-0.25, -0.2) is 0 Å². The highest BCUT2D eigenvalue weighted by Crippen LogP contribution is 2.49. The van der Waals surface area contributed by atoms with Gasteiger partial charge >= 0.3 is 0 Å². The van der Waals surface area contributed by atoms with Crippen molar-refractivity contribution < 1.29 is 4.79 Å². The zero-order chi connectivity index (χ0) is 12.4. The lowest BCUT2D eigenvalue weighted by Gasteiger charge is -2.22. The van der Waals surface area contributed by atoms with E-state index in [1.165, 1.54) is 25.7 Å². The van der Waals surface area contributed by atoms with Gasteiger partial charge < -0.3 is 11.1 Å². The number of nitrogens with two attached hydrogens (primary N) is 1. The van der Waals surface area contributed by atoms with Crippen LogP contribution in [0.4, 0.5) is 0 Å². The highest BCUT2D eigenvalue weighted by Gasteiger charge is 2.40. The molecule has 98 valence electrons. The molecule has 17 heavy (non-hydrogen) atoms. The maximum atomic E-state index is 11.9. The zero-order valence-electron chi connectivity index (χ0n) is 11.1. The summed E-state index contributed by atoms with van der Waals surface area (Å²) in [6.07, 6.45) is 7.04. The van der Waals surface area contributed by atoms with Crippen LogP contribution in [0.15, 0.2) is 0 Å². The first-order valence-electron chi connectivity index (χ1n) is 7.09. The summed E-state index contributed by atoms with van der Waals surface area (Å²) in [6, 6.07) is 0.369. The molecule has 2 bridgehead atoms. The van der Waals surface area contributed by atoms with Gasteiger partial charge in [0.2, 0.25) is 5.91 Å². The molecular formula is C14H26N2O. The van der Waals surface area contributed by atoms with E-state index in [4.69, 9.17) is 5.73 Å². The molecule has 5 atom stereocenters. The summed E-state index contributed by atoms with van der Waals surface area (Å²) in [4.78, 5) is 11.9. The van der Waals surface area contributed by atoms with Crippen molar-refractivity contribution in [1.29, 1.82) is 0 Å². The van der Waals surface area contributed by atoms with Crippen molar-refractivity contribution in [3.8, 4) is 0 Å². The molecule has 3 nitrogen and oxygen atoms in total. The maximum absolute atomic E-state index is 11.9. The molecule has 3 heteroatoms. The van der Waals surface area contributed by atoms with E-state index in [0.717, 1.165) is 24.7 Å². The fraction of sp³-hybridized carbons (Fsp3) is 0.929. The van der Waals surface area contributed by atoms with Crippen LogP contribution in [-0.4, -0.2) is 18.0 Å². The lowest BCUT2D eigenvalue weighted by molar-refractivity contribution is -0.123. The smallest absolute Gasteiger partial charge is 0.220 e. The highest BCUT2D eigenvalue weighted by atomic mass is 16.1. The van der Waals surface area contributed by atoms with Crippen molar-refractivity contribution in [2.75, 3.05) is 0 Å². The topological polar surface area (TPSA) is 55.1 Å². The third kappa shape index (κ3) is 3.44. The Bertz CT molecular complexity index is 277. The number of nitrogens with one attached hydrogen (secondary N) is 1. The van der Waals surface area contributed by atoms with Gasteiger partial charge in [-0.3, -0.25) is 4.79 Å². The van der Waals surface area contributed by atoms with Crippen LogP contribution in [-0.2, 0) is 4.79 Å². The van der Waals surface area contributed by atoms with Crippen LogP contribution in [0, 0.1) is 17.8 Å². The van der Waals surface area contributed by atoms with E-state index in [-0.39, 0.29) is 18.0 Å². The Hall–Kier alpha value is -0.570. The maximum Gasteiger partial charge on any atom is 0.220 e. The van der Waals surface area contributed by atoms with Gasteiger partial charge in [-0.2, -0.15) is 0 Å². The summed E-state index contributed by atoms with van der Waals surface area (Å²) in [6.45, 7) is 4.03. The molecule has 0 aromatic carbocycles. The molecule has 2 fully saturated rings. The first-order chi connectivity index (χ1) is 8.04. The fourth-order valence-corrected chi connectivity index (χ4v) is 3.81. The zero-order valence-corrected chi connectivity index (χ0v) is 11.1. The quantitative estimate of drug-likeness (QED) is 0.770. The van der Waals surface area contributed by atoms with Crippen molar-refractivity contribution >= 4 is 5.91 Å². The molecule has 3 N–H and O–H groups in total. The molecule has 0 spiro atoms. The second-order valence-electron chi connectivity index (χ2n) is 6.32. The van der Waals surface area contributed by atoms with E-state index >= 15 is 0 Å². The van der Waals surface area contributed by atoms with E-state index in [9.17, 15) is 4.79 Å². The summed E-state index contributed by atoms with van der Waals surface area (Å²) in [5, 5.41) is 3.08. The number of hydrogen-bond donors (Lipinski definition) is 2. The van der Waals surface area contributed by atoms with Gasteiger partial charge in [0.25, 0.3) is 0 Å². The Labute approximate surface area is 105 Å². The van der Waals surface area contributed by atoms with E-state index in [0.29, 0.717) is 5.92 Å². The molecule has 0 aromatic heterocycles. The lowest BCUT2D eigenvalue weighted by Crippen LogP contribution is -2.37. The summed E-state index contributed by atoms with van der Waals surface area (Å²) >= 11 is 0. The number of fused-ring (bicyclic) bond motifs is 2. The molecule has 0 aromatic rings. The van der Waals surface area contributed by atoms with Gasteiger partial charge in [0.15, 0.2) is 0 Å². The van der Waals surface area contributed by atoms with Gasteiger partial charge in [-0.05, 0) is 57.3 Å². The number of carbonyl (C=O) groups is 1. The standard InChI is InChI=1S/C14H26N2O/c1-9(15)5-10(2)16-14(17)8-13-7-11-3-4-12(13)6-11/h9-13H,3-8,15H2,1-2H3,(H,16,17). The molecule has 0 radical (unpaired) electrons. The van der Waals surface area contributed by atoms with Crippen molar-refractivity contribution in [2.45, 2.75) is 64.5 Å². The minimum absolute atomic E-state index is 0.160. The van der Waals surface area contributed by atoms with E-state index in [2.05, 4.69) is 5.32 Å². The third-order valence-corrected chi connectivity index (χ3v) is 4.46. The van der Waals surface area contributed by atoms with Crippen molar-refractivity contribution in [3.05, 3.63) is 0 Å². The normalized spacial score (nSPS) is 34.6. The minimum atomic E-state index is 0.160. The average Bonchev–Trinajstić information content (AvgIpc) is 2.76. The van der Waals surface area contributed by atoms with Gasteiger partial charge in [0, 0.05) is 18.5 Å². The minimum Gasteiger partial charge on any atom is -0.354 e. The summed E-state index contributed by atoms with van der Waals surface area (Å²) < 4.78 is 0. The predicted octanol–water partition coefficient (Wildman–Crippen LogP) is 2.05. The summed E-state index contributed by atoms with van der Waals surface area (Å²) in [7, 11) is 0. The van der Waals surface area contributed by atoms with Crippen LogP contribution in [0.3, 0.4) is 0 Å². The van der Waals surface area contributed by atoms with Crippen LogP contribution in [0.2, 0.25) is 0 Å². The van der Waals surface area contributed by atoms with E-state index in [1.54, 1.807) is 0 Å². The first kappa shape index (κ1) is 12.9. The fourth-order valence-electron chi connectivity index (χ4n) is 3.81. The molecule has 0 heterocycles. The molecular weight excluding hydrogens is 212 g/mol. The van der Waals surface area contributed by atoms with Crippen molar-refractivity contribution in [1.82, 2.24) is 5.32 Å². The van der Waals surface area contributed by atoms with Gasteiger partial charge in [-0.15, -0.1) is 0 Å². The largest absolute Gasteiger partial charge is 0.354 e. The van der Waals surface area contributed by atoms with Gasteiger partial charge in [-0.1, -0.05) is 6.42 Å². The molecule has 2 rings (SSSR count). The Kier molecular flexibility index (Phi) is 4.08.